The summed E-state index contributed by atoms with van der Waals surface area (Å²) in [6.07, 6.45) is 1.30. The van der Waals surface area contributed by atoms with Crippen LogP contribution in [0.1, 0.15) is 16.7 Å². The molecule has 170 valence electrons. The predicted octanol–water partition coefficient (Wildman–Crippen LogP) is 5.13. The third-order valence-electron chi connectivity index (χ3n) is 4.52. The van der Waals surface area contributed by atoms with E-state index in [2.05, 4.69) is 33.1 Å². The number of ether oxygens (including phenoxy) is 2. The number of methoxy groups -OCH3 is 1. The van der Waals surface area contributed by atoms with Gasteiger partial charge in [0.1, 0.15) is 6.61 Å². The van der Waals surface area contributed by atoms with Gasteiger partial charge in [-0.15, -0.1) is 0 Å². The molecule has 0 radical (unpaired) electrons. The molecule has 0 saturated carbocycles. The zero-order valence-electron chi connectivity index (χ0n) is 17.5. The second-order valence-electron chi connectivity index (χ2n) is 6.77. The Morgan fingerprint density at radius 3 is 2.58 bits per heavy atom. The Morgan fingerprint density at radius 1 is 1.18 bits per heavy atom. The highest BCUT2D eigenvalue weighted by molar-refractivity contribution is 14.1. The van der Waals surface area contributed by atoms with Gasteiger partial charge in [0.2, 0.25) is 5.91 Å². The fraction of sp³-hybridized carbons (Fsp3) is 0.130. The van der Waals surface area contributed by atoms with Crippen molar-refractivity contribution in [3.8, 4) is 11.5 Å². The number of rotatable bonds is 9. The molecule has 0 aromatic heterocycles. The standard InChI is InChI=1S/C23H19ClIN3O5/c1-32-21-11-15(10-19(25)23(21)33-14-17-7-2-4-8-18(17)24)13-26-27-22(29)12-16-6-3-5-9-20(16)28(30)31/h2-11,13H,12,14H2,1H3,(H,27,29)/b26-13+. The maximum absolute atomic E-state index is 12.2. The molecule has 0 aliphatic carbocycles. The van der Waals surface area contributed by atoms with Crippen molar-refractivity contribution >= 4 is 52.0 Å². The first-order valence-corrected chi connectivity index (χ1v) is 11.1. The molecule has 3 rings (SSSR count). The molecule has 1 amide bonds. The summed E-state index contributed by atoms with van der Waals surface area (Å²) in [6.45, 7) is 0.279. The first kappa shape index (κ1) is 24.5. The van der Waals surface area contributed by atoms with Crippen LogP contribution < -0.4 is 14.9 Å². The second kappa shape index (κ2) is 11.6. The lowest BCUT2D eigenvalue weighted by Crippen LogP contribution is -2.20. The van der Waals surface area contributed by atoms with Crippen molar-refractivity contribution < 1.29 is 19.2 Å². The number of hydrogen-bond acceptors (Lipinski definition) is 6. The van der Waals surface area contributed by atoms with Crippen LogP contribution in [0.2, 0.25) is 5.02 Å². The topological polar surface area (TPSA) is 103 Å². The first-order valence-electron chi connectivity index (χ1n) is 9.67. The molecular weight excluding hydrogens is 561 g/mol. The van der Waals surface area contributed by atoms with E-state index in [1.807, 2.05) is 24.3 Å². The molecule has 0 bridgehead atoms. The zero-order chi connectivity index (χ0) is 23.8. The normalized spacial score (nSPS) is 10.8. The van der Waals surface area contributed by atoms with E-state index in [1.54, 1.807) is 24.3 Å². The van der Waals surface area contributed by atoms with Gasteiger partial charge in [-0.3, -0.25) is 14.9 Å². The quantitative estimate of drug-likeness (QED) is 0.164. The van der Waals surface area contributed by atoms with Crippen molar-refractivity contribution in [2.75, 3.05) is 7.11 Å². The Hall–Kier alpha value is -3.18. The smallest absolute Gasteiger partial charge is 0.273 e. The Labute approximate surface area is 208 Å². The van der Waals surface area contributed by atoms with Crippen molar-refractivity contribution in [1.29, 1.82) is 0 Å². The van der Waals surface area contributed by atoms with Crippen molar-refractivity contribution in [2.24, 2.45) is 5.10 Å². The summed E-state index contributed by atoms with van der Waals surface area (Å²) in [4.78, 5) is 22.7. The van der Waals surface area contributed by atoms with E-state index in [4.69, 9.17) is 21.1 Å². The summed E-state index contributed by atoms with van der Waals surface area (Å²) in [5.74, 6) is 0.596. The Balaban J connectivity index is 1.66. The number of nitro benzene ring substituents is 1. The number of halogens is 2. The first-order chi connectivity index (χ1) is 15.9. The number of hydrazone groups is 1. The van der Waals surface area contributed by atoms with Gasteiger partial charge in [-0.05, 0) is 46.4 Å². The SMILES string of the molecule is COc1cc(/C=N/NC(=O)Cc2ccccc2[N+](=O)[O-])cc(I)c1OCc1ccccc1Cl. The van der Waals surface area contributed by atoms with Gasteiger partial charge in [-0.2, -0.15) is 5.10 Å². The van der Waals surface area contributed by atoms with Crippen LogP contribution in [0.4, 0.5) is 5.69 Å². The summed E-state index contributed by atoms with van der Waals surface area (Å²) in [5, 5.41) is 15.7. The van der Waals surface area contributed by atoms with Gasteiger partial charge < -0.3 is 9.47 Å². The molecule has 10 heteroatoms. The highest BCUT2D eigenvalue weighted by Crippen LogP contribution is 2.34. The lowest BCUT2D eigenvalue weighted by molar-refractivity contribution is -0.385. The van der Waals surface area contributed by atoms with Crippen LogP contribution in [-0.2, 0) is 17.8 Å². The van der Waals surface area contributed by atoms with Crippen LogP contribution >= 0.6 is 34.2 Å². The molecule has 0 unspecified atom stereocenters. The number of carbonyl (C=O) groups is 1. The van der Waals surface area contributed by atoms with E-state index >= 15 is 0 Å². The van der Waals surface area contributed by atoms with Gasteiger partial charge >= 0.3 is 0 Å². The van der Waals surface area contributed by atoms with E-state index in [-0.39, 0.29) is 18.7 Å². The molecule has 0 spiro atoms. The summed E-state index contributed by atoms with van der Waals surface area (Å²) < 4.78 is 12.2. The molecule has 0 fully saturated rings. The van der Waals surface area contributed by atoms with Crippen molar-refractivity contribution in [3.05, 3.63) is 96.1 Å². The zero-order valence-corrected chi connectivity index (χ0v) is 20.4. The van der Waals surface area contributed by atoms with Gasteiger partial charge in [0.15, 0.2) is 11.5 Å². The van der Waals surface area contributed by atoms with Gasteiger partial charge in [0, 0.05) is 22.2 Å². The van der Waals surface area contributed by atoms with Crippen LogP contribution in [0.25, 0.3) is 0 Å². The molecule has 3 aromatic rings. The van der Waals surface area contributed by atoms with Crippen molar-refractivity contribution in [2.45, 2.75) is 13.0 Å². The predicted molar refractivity (Wildman–Crippen MR) is 134 cm³/mol. The third kappa shape index (κ3) is 6.65. The van der Waals surface area contributed by atoms with Crippen LogP contribution in [-0.4, -0.2) is 24.2 Å². The maximum Gasteiger partial charge on any atom is 0.273 e. The fourth-order valence-electron chi connectivity index (χ4n) is 2.95. The number of hydrogen-bond donors (Lipinski definition) is 1. The molecule has 0 heterocycles. The monoisotopic (exact) mass is 579 g/mol. The second-order valence-corrected chi connectivity index (χ2v) is 8.34. The number of nitrogens with one attached hydrogen (secondary N) is 1. The Morgan fingerprint density at radius 2 is 1.88 bits per heavy atom. The Bertz CT molecular complexity index is 1200. The van der Waals surface area contributed by atoms with Crippen molar-refractivity contribution in [3.63, 3.8) is 0 Å². The number of carbonyl (C=O) groups excluding carboxylic acids is 1. The minimum absolute atomic E-state index is 0.108. The van der Waals surface area contributed by atoms with Gasteiger partial charge in [-0.1, -0.05) is 48.0 Å². The summed E-state index contributed by atoms with van der Waals surface area (Å²) in [5.41, 5.74) is 4.12. The third-order valence-corrected chi connectivity index (χ3v) is 5.69. The average molecular weight is 580 g/mol. The summed E-state index contributed by atoms with van der Waals surface area (Å²) in [7, 11) is 1.53. The van der Waals surface area contributed by atoms with E-state index in [1.165, 1.54) is 25.5 Å². The molecule has 0 atom stereocenters. The average Bonchev–Trinajstić information content (AvgIpc) is 2.79. The molecule has 1 N–H and O–H groups in total. The summed E-state index contributed by atoms with van der Waals surface area (Å²) >= 11 is 8.31. The molecule has 33 heavy (non-hydrogen) atoms. The number of para-hydroxylation sites is 1. The highest BCUT2D eigenvalue weighted by Gasteiger charge is 2.15. The van der Waals surface area contributed by atoms with Crippen molar-refractivity contribution in [1.82, 2.24) is 5.43 Å². The number of amides is 1. The highest BCUT2D eigenvalue weighted by atomic mass is 127. The lowest BCUT2D eigenvalue weighted by Gasteiger charge is -2.14. The maximum atomic E-state index is 12.2. The Kier molecular flexibility index (Phi) is 8.61. The molecule has 0 aliphatic rings. The van der Waals surface area contributed by atoms with Crippen LogP contribution in [0, 0.1) is 13.7 Å². The van der Waals surface area contributed by atoms with Gasteiger partial charge in [-0.25, -0.2) is 5.43 Å². The van der Waals surface area contributed by atoms with Crippen LogP contribution in [0.5, 0.6) is 11.5 Å². The van der Waals surface area contributed by atoms with E-state index in [9.17, 15) is 14.9 Å². The molecule has 0 aliphatic heterocycles. The van der Waals surface area contributed by atoms with E-state index in [0.717, 1.165) is 9.13 Å². The minimum Gasteiger partial charge on any atom is -0.493 e. The summed E-state index contributed by atoms with van der Waals surface area (Å²) in [6, 6.07) is 17.1. The number of benzene rings is 3. The van der Waals surface area contributed by atoms with E-state index < -0.39 is 10.8 Å². The van der Waals surface area contributed by atoms with Crippen LogP contribution in [0.3, 0.4) is 0 Å². The van der Waals surface area contributed by atoms with Gasteiger partial charge in [0.05, 0.1) is 28.2 Å². The molecular formula is C23H19ClIN3O5. The fourth-order valence-corrected chi connectivity index (χ4v) is 3.92. The van der Waals surface area contributed by atoms with Gasteiger partial charge in [0.25, 0.3) is 5.69 Å². The molecule has 3 aromatic carbocycles. The number of nitro groups is 1. The van der Waals surface area contributed by atoms with Crippen LogP contribution in [0.15, 0.2) is 65.8 Å². The largest absolute Gasteiger partial charge is 0.493 e. The minimum atomic E-state index is -0.518. The number of nitrogens with zero attached hydrogens (tertiary/aromatic N) is 2. The molecule has 0 saturated heterocycles. The molecule has 8 nitrogen and oxygen atoms in total. The lowest BCUT2D eigenvalue weighted by atomic mass is 10.1. The van der Waals surface area contributed by atoms with E-state index in [0.29, 0.717) is 27.6 Å².